The molecule has 0 bridgehead atoms. The van der Waals surface area contributed by atoms with Crippen LogP contribution in [0.15, 0.2) is 18.2 Å². The van der Waals surface area contributed by atoms with E-state index in [4.69, 9.17) is 4.74 Å². The van der Waals surface area contributed by atoms with E-state index in [0.29, 0.717) is 13.2 Å². The van der Waals surface area contributed by atoms with Crippen molar-refractivity contribution in [3.63, 3.8) is 0 Å². The van der Waals surface area contributed by atoms with Crippen molar-refractivity contribution in [1.82, 2.24) is 4.90 Å². The molecule has 0 spiro atoms. The van der Waals surface area contributed by atoms with Gasteiger partial charge in [-0.3, -0.25) is 4.90 Å². The average Bonchev–Trinajstić information content (AvgIpc) is 2.40. The molecule has 1 aromatic rings. The van der Waals surface area contributed by atoms with Crippen LogP contribution in [0.2, 0.25) is 0 Å². The minimum absolute atomic E-state index is 0.382. The molecular formula is C16H26N2O2. The number of rotatable bonds is 5. The molecule has 0 aliphatic carbocycles. The number of β-amino-alcohol motifs (C(OH)–C–C–N with tert-alkyl or cyclic N) is 1. The number of aliphatic hydroxyl groups is 1. The molecule has 1 unspecified atom stereocenters. The van der Waals surface area contributed by atoms with Gasteiger partial charge in [-0.15, -0.1) is 0 Å². The fourth-order valence-electron chi connectivity index (χ4n) is 2.87. The number of nitrogens with zero attached hydrogens (tertiary/aromatic N) is 2. The minimum atomic E-state index is -0.382. The first-order chi connectivity index (χ1) is 9.60. The first-order valence-corrected chi connectivity index (χ1v) is 7.31. The Morgan fingerprint density at radius 2 is 1.90 bits per heavy atom. The zero-order valence-electron chi connectivity index (χ0n) is 12.8. The van der Waals surface area contributed by atoms with Gasteiger partial charge in [0.25, 0.3) is 0 Å². The molecule has 0 amide bonds. The first kappa shape index (κ1) is 15.3. The predicted octanol–water partition coefficient (Wildman–Crippen LogP) is 1.43. The van der Waals surface area contributed by atoms with Gasteiger partial charge in [-0.05, 0) is 25.5 Å². The second-order valence-corrected chi connectivity index (χ2v) is 5.69. The highest BCUT2D eigenvalue weighted by molar-refractivity contribution is 5.54. The Kier molecular flexibility index (Phi) is 5.40. The highest BCUT2D eigenvalue weighted by atomic mass is 16.5. The normalized spacial score (nSPS) is 18.3. The number of ether oxygens (including phenoxy) is 1. The summed E-state index contributed by atoms with van der Waals surface area (Å²) < 4.78 is 4.98. The fraction of sp³-hybridized carbons (Fsp3) is 0.625. The van der Waals surface area contributed by atoms with Gasteiger partial charge in [-0.25, -0.2) is 0 Å². The minimum Gasteiger partial charge on any atom is -0.389 e. The summed E-state index contributed by atoms with van der Waals surface area (Å²) in [5.74, 6) is 0. The lowest BCUT2D eigenvalue weighted by molar-refractivity contribution is 0.0365. The molecule has 1 aliphatic rings. The van der Waals surface area contributed by atoms with Crippen molar-refractivity contribution in [2.75, 3.05) is 51.3 Å². The third-order valence-corrected chi connectivity index (χ3v) is 3.89. The molecule has 1 heterocycles. The molecular weight excluding hydrogens is 252 g/mol. The number of benzene rings is 1. The summed E-state index contributed by atoms with van der Waals surface area (Å²) in [7, 11) is 1.63. The van der Waals surface area contributed by atoms with E-state index in [1.165, 1.54) is 16.8 Å². The van der Waals surface area contributed by atoms with E-state index in [9.17, 15) is 5.11 Å². The number of hydrogen-bond donors (Lipinski definition) is 1. The first-order valence-electron chi connectivity index (χ1n) is 7.31. The molecule has 1 N–H and O–H groups in total. The molecule has 1 fully saturated rings. The topological polar surface area (TPSA) is 35.9 Å². The number of anilines is 1. The Bertz CT molecular complexity index is 428. The van der Waals surface area contributed by atoms with E-state index in [1.54, 1.807) is 7.11 Å². The van der Waals surface area contributed by atoms with Crippen LogP contribution in [-0.4, -0.2) is 62.6 Å². The van der Waals surface area contributed by atoms with Crippen LogP contribution in [0.3, 0.4) is 0 Å². The van der Waals surface area contributed by atoms with Crippen LogP contribution in [0, 0.1) is 13.8 Å². The molecule has 112 valence electrons. The number of aliphatic hydroxyl groups excluding tert-OH is 1. The third-order valence-electron chi connectivity index (χ3n) is 3.89. The van der Waals surface area contributed by atoms with Crippen molar-refractivity contribution < 1.29 is 9.84 Å². The van der Waals surface area contributed by atoms with Crippen LogP contribution < -0.4 is 4.90 Å². The third kappa shape index (κ3) is 3.95. The Morgan fingerprint density at radius 1 is 1.20 bits per heavy atom. The zero-order chi connectivity index (χ0) is 14.5. The average molecular weight is 278 g/mol. The maximum absolute atomic E-state index is 9.78. The number of piperazine rings is 1. The van der Waals surface area contributed by atoms with Crippen molar-refractivity contribution in [3.05, 3.63) is 29.3 Å². The monoisotopic (exact) mass is 278 g/mol. The molecule has 2 rings (SSSR count). The van der Waals surface area contributed by atoms with Gasteiger partial charge in [0.1, 0.15) is 0 Å². The Hall–Kier alpha value is -1.10. The van der Waals surface area contributed by atoms with Gasteiger partial charge >= 0.3 is 0 Å². The molecule has 1 atom stereocenters. The second kappa shape index (κ2) is 7.07. The van der Waals surface area contributed by atoms with Crippen LogP contribution in [0.5, 0.6) is 0 Å². The summed E-state index contributed by atoms with van der Waals surface area (Å²) in [6.07, 6.45) is -0.382. The SMILES string of the molecule is COCC(O)CN1CCN(c2ccc(C)cc2C)CC1. The largest absolute Gasteiger partial charge is 0.389 e. The lowest BCUT2D eigenvalue weighted by Gasteiger charge is -2.37. The van der Waals surface area contributed by atoms with Gasteiger partial charge in [-0.2, -0.15) is 0 Å². The molecule has 20 heavy (non-hydrogen) atoms. The lowest BCUT2D eigenvalue weighted by Crippen LogP contribution is -2.49. The van der Waals surface area contributed by atoms with Crippen LogP contribution >= 0.6 is 0 Å². The molecule has 0 radical (unpaired) electrons. The van der Waals surface area contributed by atoms with E-state index in [0.717, 1.165) is 26.2 Å². The van der Waals surface area contributed by atoms with Crippen LogP contribution in [0.4, 0.5) is 5.69 Å². The molecule has 1 aromatic carbocycles. The molecule has 0 saturated carbocycles. The summed E-state index contributed by atoms with van der Waals surface area (Å²) in [5.41, 5.74) is 4.00. The van der Waals surface area contributed by atoms with Crippen molar-refractivity contribution in [2.24, 2.45) is 0 Å². The van der Waals surface area contributed by atoms with Gasteiger partial charge in [0.15, 0.2) is 0 Å². The van der Waals surface area contributed by atoms with Gasteiger partial charge < -0.3 is 14.7 Å². The quantitative estimate of drug-likeness (QED) is 0.884. The maximum Gasteiger partial charge on any atom is 0.0900 e. The zero-order valence-corrected chi connectivity index (χ0v) is 12.8. The fourth-order valence-corrected chi connectivity index (χ4v) is 2.87. The molecule has 4 heteroatoms. The molecule has 0 aromatic heterocycles. The van der Waals surface area contributed by atoms with Crippen LogP contribution in [-0.2, 0) is 4.74 Å². The smallest absolute Gasteiger partial charge is 0.0900 e. The number of methoxy groups -OCH3 is 1. The number of aryl methyl sites for hydroxylation is 2. The summed E-state index contributed by atoms with van der Waals surface area (Å²) >= 11 is 0. The van der Waals surface area contributed by atoms with E-state index >= 15 is 0 Å². The second-order valence-electron chi connectivity index (χ2n) is 5.69. The Morgan fingerprint density at radius 3 is 2.50 bits per heavy atom. The Balaban J connectivity index is 1.87. The van der Waals surface area contributed by atoms with E-state index < -0.39 is 0 Å². The highest BCUT2D eigenvalue weighted by Crippen LogP contribution is 2.22. The standard InChI is InChI=1S/C16H26N2O2/c1-13-4-5-16(14(2)10-13)18-8-6-17(7-9-18)11-15(19)12-20-3/h4-5,10,15,19H,6-9,11-12H2,1-3H3. The van der Waals surface area contributed by atoms with Crippen molar-refractivity contribution >= 4 is 5.69 Å². The van der Waals surface area contributed by atoms with Gasteiger partial charge in [0.2, 0.25) is 0 Å². The Labute approximate surface area is 122 Å². The lowest BCUT2D eigenvalue weighted by atomic mass is 10.1. The maximum atomic E-state index is 9.78. The van der Waals surface area contributed by atoms with Crippen LogP contribution in [0.1, 0.15) is 11.1 Å². The summed E-state index contributed by atoms with van der Waals surface area (Å²) in [4.78, 5) is 4.75. The van der Waals surface area contributed by atoms with Crippen molar-refractivity contribution in [1.29, 1.82) is 0 Å². The van der Waals surface area contributed by atoms with E-state index in [-0.39, 0.29) is 6.10 Å². The molecule has 1 saturated heterocycles. The molecule has 1 aliphatic heterocycles. The van der Waals surface area contributed by atoms with Gasteiger partial charge in [-0.1, -0.05) is 17.7 Å². The number of hydrogen-bond acceptors (Lipinski definition) is 4. The van der Waals surface area contributed by atoms with Gasteiger partial charge in [0.05, 0.1) is 12.7 Å². The summed E-state index contributed by atoms with van der Waals surface area (Å²) in [6.45, 7) is 9.45. The summed E-state index contributed by atoms with van der Waals surface area (Å²) in [6, 6.07) is 6.64. The van der Waals surface area contributed by atoms with E-state index in [2.05, 4.69) is 41.8 Å². The molecule has 4 nitrogen and oxygen atoms in total. The summed E-state index contributed by atoms with van der Waals surface area (Å²) in [5, 5.41) is 9.78. The van der Waals surface area contributed by atoms with Gasteiger partial charge in [0, 0.05) is 45.5 Å². The van der Waals surface area contributed by atoms with Crippen LogP contribution in [0.25, 0.3) is 0 Å². The predicted molar refractivity (Wildman–Crippen MR) is 82.5 cm³/mol. The van der Waals surface area contributed by atoms with Crippen molar-refractivity contribution in [3.8, 4) is 0 Å². The van der Waals surface area contributed by atoms with E-state index in [1.807, 2.05) is 0 Å². The van der Waals surface area contributed by atoms with Crippen molar-refractivity contribution in [2.45, 2.75) is 20.0 Å². The highest BCUT2D eigenvalue weighted by Gasteiger charge is 2.20.